The summed E-state index contributed by atoms with van der Waals surface area (Å²) in [5, 5.41) is 12.9. The summed E-state index contributed by atoms with van der Waals surface area (Å²) in [6.45, 7) is 0. The monoisotopic (exact) mass is 199 g/mol. The Kier molecular flexibility index (Phi) is 2.61. The molecule has 0 aliphatic carbocycles. The molecule has 7 nitrogen and oxygen atoms in total. The van der Waals surface area contributed by atoms with Crippen molar-refractivity contribution in [3.63, 3.8) is 0 Å². The van der Waals surface area contributed by atoms with Crippen LogP contribution in [0, 0.1) is 0 Å². The Balaban J connectivity index is 5.21. The zero-order chi connectivity index (χ0) is 10.9. The van der Waals surface area contributed by atoms with Gasteiger partial charge in [-0.05, 0) is 0 Å². The van der Waals surface area contributed by atoms with Crippen molar-refractivity contribution >= 4 is 22.1 Å². The summed E-state index contributed by atoms with van der Waals surface area (Å²) in [5.41, 5.74) is 0. The lowest BCUT2D eigenvalue weighted by molar-refractivity contribution is -0.143. The van der Waals surface area contributed by atoms with E-state index in [9.17, 15) is 18.0 Å². The van der Waals surface area contributed by atoms with Gasteiger partial charge in [-0.15, -0.1) is 0 Å². The lowest BCUT2D eigenvalue weighted by Crippen LogP contribution is -2.31. The predicted molar refractivity (Wildman–Crippen MR) is 35.2 cm³/mol. The van der Waals surface area contributed by atoms with Crippen LogP contribution >= 0.6 is 0 Å². The molecule has 8 heteroatoms. The van der Waals surface area contributed by atoms with E-state index in [1.54, 1.807) is 0 Å². The Morgan fingerprint density at radius 2 is 1.83 bits per heavy atom. The largest absolute Gasteiger partial charge is 0.481 e. The molecule has 0 rings (SSSR count). The highest BCUT2D eigenvalue weighted by Crippen LogP contribution is 2.04. The van der Waals surface area contributed by atoms with Crippen molar-refractivity contribution in [3.05, 3.63) is 0 Å². The van der Waals surface area contributed by atoms with Gasteiger partial charge in [0.05, 0.1) is 7.79 Å². The van der Waals surface area contributed by atoms with Gasteiger partial charge in [0.25, 0.3) is 10.1 Å². The fourth-order valence-electron chi connectivity index (χ4n) is 0.414. The zero-order valence-corrected chi connectivity index (χ0v) is 6.41. The van der Waals surface area contributed by atoms with E-state index in [2.05, 4.69) is 0 Å². The van der Waals surface area contributed by atoms with E-state index in [0.29, 0.717) is 0 Å². The van der Waals surface area contributed by atoms with E-state index in [4.69, 9.17) is 16.1 Å². The standard InChI is InChI=1S/C4H6O7S/c5-3(6)1-2(4(7)8)12(9,10)11/h2H,1H2,(H,5,6)(H,7,8)(H,9,10,11)/i2D. The van der Waals surface area contributed by atoms with Crippen molar-refractivity contribution in [1.29, 1.82) is 0 Å². The molecule has 0 aromatic carbocycles. The van der Waals surface area contributed by atoms with Crippen LogP contribution in [-0.4, -0.2) is 40.3 Å². The summed E-state index contributed by atoms with van der Waals surface area (Å²) in [4.78, 5) is 20.2. The van der Waals surface area contributed by atoms with E-state index in [0.717, 1.165) is 0 Å². The van der Waals surface area contributed by atoms with E-state index in [-0.39, 0.29) is 0 Å². The lowest BCUT2D eigenvalue weighted by Gasteiger charge is -2.04. The molecule has 0 heterocycles. The van der Waals surface area contributed by atoms with Crippen LogP contribution in [0.4, 0.5) is 0 Å². The number of carbonyl (C=O) groups is 2. The van der Waals surface area contributed by atoms with Crippen LogP contribution in [0.15, 0.2) is 0 Å². The van der Waals surface area contributed by atoms with Gasteiger partial charge in [-0.25, -0.2) is 0 Å². The smallest absolute Gasteiger partial charge is 0.325 e. The summed E-state index contributed by atoms with van der Waals surface area (Å²) in [6.07, 6.45) is -1.53. The first-order valence-electron chi connectivity index (χ1n) is 3.03. The quantitative estimate of drug-likeness (QED) is 0.485. The Labute approximate surface area is 68.8 Å². The number of aliphatic carboxylic acids is 2. The Hall–Kier alpha value is -1.15. The highest BCUT2D eigenvalue weighted by molar-refractivity contribution is 7.87. The molecule has 0 amide bonds. The molecule has 0 radical (unpaired) electrons. The average molecular weight is 199 g/mol. The predicted octanol–water partition coefficient (Wildman–Crippen LogP) is -1.20. The van der Waals surface area contributed by atoms with Crippen molar-refractivity contribution in [2.75, 3.05) is 0 Å². The van der Waals surface area contributed by atoms with Crippen molar-refractivity contribution in [1.82, 2.24) is 0 Å². The normalized spacial score (nSPS) is 17.6. The SMILES string of the molecule is [2H]C(CC(=O)O)(C(=O)O)S(=O)(=O)O. The molecule has 12 heavy (non-hydrogen) atoms. The molecule has 0 aromatic heterocycles. The lowest BCUT2D eigenvalue weighted by atomic mass is 10.3. The van der Waals surface area contributed by atoms with Crippen molar-refractivity contribution < 1.29 is 34.1 Å². The molecular weight excluding hydrogens is 192 g/mol. The van der Waals surface area contributed by atoms with Crippen LogP contribution < -0.4 is 0 Å². The summed E-state index contributed by atoms with van der Waals surface area (Å²) >= 11 is 0. The minimum atomic E-state index is -5.27. The minimum absolute atomic E-state index is 1.53. The Morgan fingerprint density at radius 3 is 1.92 bits per heavy atom. The number of hydrogen-bond donors (Lipinski definition) is 3. The highest BCUT2D eigenvalue weighted by Gasteiger charge is 2.33. The minimum Gasteiger partial charge on any atom is -0.481 e. The molecule has 1 atom stereocenters. The fourth-order valence-corrected chi connectivity index (χ4v) is 0.941. The Morgan fingerprint density at radius 1 is 1.42 bits per heavy atom. The molecule has 0 fully saturated rings. The van der Waals surface area contributed by atoms with Crippen molar-refractivity contribution in [3.8, 4) is 0 Å². The first-order chi connectivity index (χ1) is 5.61. The topological polar surface area (TPSA) is 129 Å². The van der Waals surface area contributed by atoms with Crippen LogP contribution in [0.1, 0.15) is 7.79 Å². The van der Waals surface area contributed by atoms with Crippen LogP contribution in [0.25, 0.3) is 0 Å². The third-order valence-electron chi connectivity index (χ3n) is 0.862. The zero-order valence-electron chi connectivity index (χ0n) is 6.59. The second kappa shape index (κ2) is 3.50. The number of hydrogen-bond acceptors (Lipinski definition) is 4. The molecule has 1 unspecified atom stereocenters. The summed E-state index contributed by atoms with van der Waals surface area (Å²) in [7, 11) is -5.27. The van der Waals surface area contributed by atoms with Gasteiger partial charge >= 0.3 is 11.9 Å². The van der Waals surface area contributed by atoms with Gasteiger partial charge in [0.2, 0.25) is 0 Å². The molecule has 0 aromatic rings. The number of carboxylic acid groups (broad SMARTS) is 2. The van der Waals surface area contributed by atoms with E-state index < -0.39 is 33.7 Å². The molecule has 3 N–H and O–H groups in total. The van der Waals surface area contributed by atoms with Gasteiger partial charge in [-0.2, -0.15) is 8.42 Å². The maximum Gasteiger partial charge on any atom is 0.325 e. The molecule has 0 saturated carbocycles. The molecular formula is C4H6O7S. The second-order valence-electron chi connectivity index (χ2n) is 1.77. The maximum absolute atomic E-state index is 10.4. The summed E-state index contributed by atoms with van der Waals surface area (Å²) < 4.78 is 35.7. The van der Waals surface area contributed by atoms with Gasteiger partial charge in [-0.3, -0.25) is 14.1 Å². The fraction of sp³-hybridized carbons (Fsp3) is 0.500. The second-order valence-corrected chi connectivity index (χ2v) is 3.22. The van der Waals surface area contributed by atoms with Gasteiger partial charge < -0.3 is 10.2 Å². The first kappa shape index (κ1) is 8.94. The van der Waals surface area contributed by atoms with Crippen LogP contribution in [-0.2, 0) is 19.7 Å². The van der Waals surface area contributed by atoms with Gasteiger partial charge in [0.1, 0.15) is 0 Å². The van der Waals surface area contributed by atoms with E-state index in [1.807, 2.05) is 0 Å². The highest BCUT2D eigenvalue weighted by atomic mass is 32.2. The van der Waals surface area contributed by atoms with E-state index in [1.165, 1.54) is 0 Å². The van der Waals surface area contributed by atoms with Crippen molar-refractivity contribution in [2.24, 2.45) is 0 Å². The van der Waals surface area contributed by atoms with E-state index >= 15 is 0 Å². The van der Waals surface area contributed by atoms with Crippen molar-refractivity contribution in [2.45, 2.75) is 11.6 Å². The summed E-state index contributed by atoms with van der Waals surface area (Å²) in [6, 6.07) is 0. The summed E-state index contributed by atoms with van der Waals surface area (Å²) in [5.74, 6) is -4.05. The number of carboxylic acids is 2. The molecule has 0 saturated heterocycles. The molecule has 0 aliphatic heterocycles. The van der Waals surface area contributed by atoms with Crippen LogP contribution in [0.3, 0.4) is 0 Å². The molecule has 0 spiro atoms. The number of rotatable bonds is 4. The molecule has 0 aliphatic rings. The third-order valence-corrected chi connectivity index (χ3v) is 1.80. The molecule has 0 bridgehead atoms. The maximum atomic E-state index is 10.4. The first-order valence-corrected chi connectivity index (χ1v) is 3.97. The van der Waals surface area contributed by atoms with Crippen LogP contribution in [0.5, 0.6) is 0 Å². The van der Waals surface area contributed by atoms with Gasteiger partial charge in [-0.1, -0.05) is 0 Å². The third kappa shape index (κ3) is 3.30. The van der Waals surface area contributed by atoms with Gasteiger partial charge in [0, 0.05) is 0 Å². The van der Waals surface area contributed by atoms with Gasteiger partial charge in [0.15, 0.2) is 5.23 Å². The molecule has 70 valence electrons. The average Bonchev–Trinajstić information content (AvgIpc) is 1.82. The Bertz CT molecular complexity index is 332. The van der Waals surface area contributed by atoms with Crippen LogP contribution in [0.2, 0.25) is 0 Å².